The van der Waals surface area contributed by atoms with Crippen LogP contribution in [0.25, 0.3) is 0 Å². The molecular formula is C17H13ClFNO3. The van der Waals surface area contributed by atoms with Gasteiger partial charge in [0.2, 0.25) is 6.79 Å². The van der Waals surface area contributed by atoms with Crippen molar-refractivity contribution in [3.05, 3.63) is 52.3 Å². The predicted octanol–water partition coefficient (Wildman–Crippen LogP) is 3.80. The van der Waals surface area contributed by atoms with Gasteiger partial charge in [-0.2, -0.15) is 0 Å². The van der Waals surface area contributed by atoms with Gasteiger partial charge in [0.25, 0.3) is 5.91 Å². The average molecular weight is 334 g/mol. The first-order valence-electron chi connectivity index (χ1n) is 7.33. The van der Waals surface area contributed by atoms with E-state index in [1.54, 1.807) is 12.1 Å². The van der Waals surface area contributed by atoms with Gasteiger partial charge in [-0.25, -0.2) is 4.39 Å². The van der Waals surface area contributed by atoms with Gasteiger partial charge in [-0.05, 0) is 36.6 Å². The molecule has 0 aliphatic carbocycles. The van der Waals surface area contributed by atoms with Crippen molar-refractivity contribution in [1.82, 2.24) is 0 Å². The lowest BCUT2D eigenvalue weighted by Gasteiger charge is -2.30. The van der Waals surface area contributed by atoms with E-state index in [1.165, 1.54) is 17.0 Å². The molecule has 2 aromatic rings. The summed E-state index contributed by atoms with van der Waals surface area (Å²) < 4.78 is 24.8. The molecule has 4 rings (SSSR count). The molecule has 2 heterocycles. The number of carbonyl (C=O) groups is 1. The fourth-order valence-electron chi connectivity index (χ4n) is 3.05. The Kier molecular flexibility index (Phi) is 3.38. The van der Waals surface area contributed by atoms with E-state index < -0.39 is 0 Å². The molecule has 0 aromatic heterocycles. The summed E-state index contributed by atoms with van der Waals surface area (Å²) in [4.78, 5) is 14.3. The summed E-state index contributed by atoms with van der Waals surface area (Å²) in [7, 11) is 0. The Morgan fingerprint density at radius 3 is 3.00 bits per heavy atom. The summed E-state index contributed by atoms with van der Waals surface area (Å²) in [5.74, 6) is 0.193. The molecule has 23 heavy (non-hydrogen) atoms. The topological polar surface area (TPSA) is 38.8 Å². The van der Waals surface area contributed by atoms with Crippen LogP contribution in [0.2, 0.25) is 5.02 Å². The zero-order chi connectivity index (χ0) is 16.0. The third-order valence-corrected chi connectivity index (χ3v) is 4.37. The second-order valence-electron chi connectivity index (χ2n) is 5.50. The van der Waals surface area contributed by atoms with Gasteiger partial charge < -0.3 is 14.4 Å². The highest BCUT2D eigenvalue weighted by Crippen LogP contribution is 2.40. The van der Waals surface area contributed by atoms with Gasteiger partial charge in [-0.15, -0.1) is 0 Å². The minimum atomic E-state index is -0.387. The van der Waals surface area contributed by atoms with Gasteiger partial charge in [0.15, 0.2) is 11.5 Å². The van der Waals surface area contributed by atoms with E-state index >= 15 is 0 Å². The van der Waals surface area contributed by atoms with E-state index in [2.05, 4.69) is 0 Å². The molecular weight excluding hydrogens is 321 g/mol. The van der Waals surface area contributed by atoms with Crippen molar-refractivity contribution < 1.29 is 18.7 Å². The zero-order valence-electron chi connectivity index (χ0n) is 12.1. The summed E-state index contributed by atoms with van der Waals surface area (Å²) >= 11 is 6.14. The van der Waals surface area contributed by atoms with E-state index in [4.69, 9.17) is 21.1 Å². The Hall–Kier alpha value is -2.27. The van der Waals surface area contributed by atoms with Crippen LogP contribution in [0.1, 0.15) is 22.3 Å². The number of hydrogen-bond acceptors (Lipinski definition) is 3. The van der Waals surface area contributed by atoms with Crippen molar-refractivity contribution in [2.24, 2.45) is 0 Å². The Morgan fingerprint density at radius 2 is 2.13 bits per heavy atom. The van der Waals surface area contributed by atoms with Gasteiger partial charge in [-0.1, -0.05) is 23.7 Å². The Balaban J connectivity index is 1.76. The van der Waals surface area contributed by atoms with Crippen molar-refractivity contribution in [3.8, 4) is 11.5 Å². The van der Waals surface area contributed by atoms with Crippen LogP contribution in [-0.2, 0) is 6.42 Å². The molecule has 1 amide bonds. The summed E-state index contributed by atoms with van der Waals surface area (Å²) in [6, 6.07) is 8.01. The normalized spacial score (nSPS) is 15.5. The van der Waals surface area contributed by atoms with Crippen molar-refractivity contribution in [3.63, 3.8) is 0 Å². The molecule has 0 N–H and O–H groups in total. The van der Waals surface area contributed by atoms with Crippen molar-refractivity contribution in [2.45, 2.75) is 12.8 Å². The van der Waals surface area contributed by atoms with E-state index in [9.17, 15) is 9.18 Å². The largest absolute Gasteiger partial charge is 0.454 e. The number of hydrogen-bond donors (Lipinski definition) is 0. The van der Waals surface area contributed by atoms with E-state index in [-0.39, 0.29) is 18.5 Å². The van der Waals surface area contributed by atoms with E-state index in [0.29, 0.717) is 34.3 Å². The van der Waals surface area contributed by atoms with Crippen molar-refractivity contribution >= 4 is 23.2 Å². The number of ether oxygens (including phenoxy) is 2. The van der Waals surface area contributed by atoms with Gasteiger partial charge in [0, 0.05) is 12.1 Å². The molecule has 0 saturated carbocycles. The molecule has 0 bridgehead atoms. The molecule has 0 atom stereocenters. The molecule has 118 valence electrons. The van der Waals surface area contributed by atoms with E-state index in [0.717, 1.165) is 18.4 Å². The summed E-state index contributed by atoms with van der Waals surface area (Å²) in [6.45, 7) is 0.548. The number of aryl methyl sites for hydroxylation is 1. The highest BCUT2D eigenvalue weighted by molar-refractivity contribution is 6.33. The maximum Gasteiger partial charge on any atom is 0.258 e. The Labute approximate surface area is 137 Å². The van der Waals surface area contributed by atoms with Crippen molar-refractivity contribution in [1.29, 1.82) is 0 Å². The lowest BCUT2D eigenvalue weighted by atomic mass is 10.00. The Morgan fingerprint density at radius 1 is 1.26 bits per heavy atom. The number of halogens is 2. The van der Waals surface area contributed by atoms with Crippen LogP contribution in [0.4, 0.5) is 10.1 Å². The molecule has 0 saturated heterocycles. The number of carbonyl (C=O) groups excluding carboxylic acids is 1. The molecule has 6 heteroatoms. The number of nitrogens with zero attached hydrogens (tertiary/aromatic N) is 1. The minimum Gasteiger partial charge on any atom is -0.454 e. The van der Waals surface area contributed by atoms with Crippen LogP contribution in [0.5, 0.6) is 11.5 Å². The second kappa shape index (κ2) is 5.42. The molecule has 2 aliphatic heterocycles. The van der Waals surface area contributed by atoms with Gasteiger partial charge >= 0.3 is 0 Å². The highest BCUT2D eigenvalue weighted by Gasteiger charge is 2.28. The first kappa shape index (κ1) is 14.3. The maximum atomic E-state index is 14.2. The quantitative estimate of drug-likeness (QED) is 0.796. The summed E-state index contributed by atoms with van der Waals surface area (Å²) in [6.07, 6.45) is 1.55. The third-order valence-electron chi connectivity index (χ3n) is 4.09. The van der Waals surface area contributed by atoms with Crippen LogP contribution in [-0.4, -0.2) is 19.2 Å². The minimum absolute atomic E-state index is 0.0773. The SMILES string of the molecule is O=C(c1cc(Cl)c2c(c1)OCO2)N1CCCc2cccc(F)c21. The highest BCUT2D eigenvalue weighted by atomic mass is 35.5. The summed E-state index contributed by atoms with van der Waals surface area (Å²) in [5.41, 5.74) is 1.56. The molecule has 2 aromatic carbocycles. The van der Waals surface area contributed by atoms with Crippen LogP contribution < -0.4 is 14.4 Å². The second-order valence-corrected chi connectivity index (χ2v) is 5.91. The monoisotopic (exact) mass is 333 g/mol. The number of benzene rings is 2. The molecule has 2 aliphatic rings. The number of amides is 1. The molecule has 0 radical (unpaired) electrons. The predicted molar refractivity (Wildman–Crippen MR) is 84.0 cm³/mol. The zero-order valence-corrected chi connectivity index (χ0v) is 12.9. The number of rotatable bonds is 1. The standard InChI is InChI=1S/C17H13ClFNO3/c18-12-7-11(8-14-16(12)23-9-22-14)17(21)20-6-2-4-10-3-1-5-13(19)15(10)20/h1,3,5,7-8H,2,4,6,9H2. The first-order chi connectivity index (χ1) is 11.1. The Bertz CT molecular complexity index is 809. The molecule has 4 nitrogen and oxygen atoms in total. The van der Waals surface area contributed by atoms with Gasteiger partial charge in [0.1, 0.15) is 5.82 Å². The lowest BCUT2D eigenvalue weighted by Crippen LogP contribution is -2.36. The van der Waals surface area contributed by atoms with Gasteiger partial charge in [0.05, 0.1) is 10.7 Å². The maximum absolute atomic E-state index is 14.2. The molecule has 0 fully saturated rings. The van der Waals surface area contributed by atoms with Crippen LogP contribution in [0.3, 0.4) is 0 Å². The fraction of sp³-hybridized carbons (Fsp3) is 0.235. The van der Waals surface area contributed by atoms with Gasteiger partial charge in [-0.3, -0.25) is 4.79 Å². The first-order valence-corrected chi connectivity index (χ1v) is 7.71. The van der Waals surface area contributed by atoms with Crippen molar-refractivity contribution in [2.75, 3.05) is 18.2 Å². The molecule has 0 unspecified atom stereocenters. The van der Waals surface area contributed by atoms with Crippen LogP contribution >= 0.6 is 11.6 Å². The lowest BCUT2D eigenvalue weighted by molar-refractivity contribution is 0.0983. The fourth-order valence-corrected chi connectivity index (χ4v) is 3.32. The number of anilines is 1. The summed E-state index contributed by atoms with van der Waals surface area (Å²) in [5, 5.41) is 0.314. The number of para-hydroxylation sites is 1. The average Bonchev–Trinajstić information content (AvgIpc) is 3.03. The molecule has 0 spiro atoms. The third kappa shape index (κ3) is 2.32. The smallest absolute Gasteiger partial charge is 0.258 e. The van der Waals surface area contributed by atoms with Crippen LogP contribution in [0.15, 0.2) is 30.3 Å². The van der Waals surface area contributed by atoms with E-state index in [1.807, 2.05) is 6.07 Å². The van der Waals surface area contributed by atoms with Crippen LogP contribution in [0, 0.1) is 5.82 Å². The number of fused-ring (bicyclic) bond motifs is 2.